The topological polar surface area (TPSA) is 57.7 Å². The highest BCUT2D eigenvalue weighted by molar-refractivity contribution is 6.33. The van der Waals surface area contributed by atoms with Gasteiger partial charge in [-0.25, -0.2) is 9.78 Å². The lowest BCUT2D eigenvalue weighted by Gasteiger charge is -2.36. The van der Waals surface area contributed by atoms with Crippen molar-refractivity contribution in [2.24, 2.45) is 0 Å². The number of nitrogens with zero attached hydrogens (tertiary/aromatic N) is 3. The molecule has 2 amide bonds. The van der Waals surface area contributed by atoms with Crippen molar-refractivity contribution in [1.29, 1.82) is 0 Å². The van der Waals surface area contributed by atoms with Gasteiger partial charge in [0.1, 0.15) is 6.10 Å². The summed E-state index contributed by atoms with van der Waals surface area (Å²) in [6.45, 7) is 3.34. The monoisotopic (exact) mass is 414 g/mol. The number of para-hydroxylation sites is 1. The Labute approximate surface area is 176 Å². The fourth-order valence-corrected chi connectivity index (χ4v) is 4.17. The average molecular weight is 415 g/mol. The van der Waals surface area contributed by atoms with Crippen LogP contribution in [0.1, 0.15) is 31.2 Å². The lowest BCUT2D eigenvalue weighted by molar-refractivity contribution is 0.194. The Kier molecular flexibility index (Phi) is 6.39. The number of rotatable bonds is 5. The molecular formula is C22H27ClN4O2. The molecule has 0 radical (unpaired) electrons. The average Bonchev–Trinajstić information content (AvgIpc) is 3.27. The van der Waals surface area contributed by atoms with Gasteiger partial charge in [-0.3, -0.25) is 0 Å². The van der Waals surface area contributed by atoms with Gasteiger partial charge in [0.15, 0.2) is 0 Å². The van der Waals surface area contributed by atoms with Crippen molar-refractivity contribution < 1.29 is 9.53 Å². The van der Waals surface area contributed by atoms with E-state index < -0.39 is 0 Å². The summed E-state index contributed by atoms with van der Waals surface area (Å²) in [6, 6.07) is 11.6. The van der Waals surface area contributed by atoms with Crippen molar-refractivity contribution in [3.63, 3.8) is 0 Å². The summed E-state index contributed by atoms with van der Waals surface area (Å²) in [4.78, 5) is 20.9. The van der Waals surface area contributed by atoms with E-state index in [1.54, 1.807) is 6.20 Å². The molecule has 29 heavy (non-hydrogen) atoms. The van der Waals surface area contributed by atoms with Gasteiger partial charge in [0.05, 0.1) is 10.7 Å². The number of pyridine rings is 1. The first kappa shape index (κ1) is 19.8. The third kappa shape index (κ3) is 5.12. The third-order valence-corrected chi connectivity index (χ3v) is 5.91. The van der Waals surface area contributed by atoms with Crippen LogP contribution < -0.4 is 15.0 Å². The summed E-state index contributed by atoms with van der Waals surface area (Å²) < 4.78 is 5.89. The Balaban J connectivity index is 1.22. The van der Waals surface area contributed by atoms with E-state index in [4.69, 9.17) is 16.3 Å². The first-order valence-electron chi connectivity index (χ1n) is 10.3. The van der Waals surface area contributed by atoms with E-state index in [2.05, 4.69) is 15.2 Å². The molecule has 2 fully saturated rings. The molecule has 6 nitrogen and oxygen atoms in total. The van der Waals surface area contributed by atoms with Crippen LogP contribution in [0.2, 0.25) is 5.02 Å². The zero-order valence-electron chi connectivity index (χ0n) is 16.5. The molecular weight excluding hydrogens is 388 g/mol. The van der Waals surface area contributed by atoms with Crippen LogP contribution in [0, 0.1) is 0 Å². The van der Waals surface area contributed by atoms with E-state index in [1.165, 1.54) is 12.8 Å². The lowest BCUT2D eigenvalue weighted by atomic mass is 10.2. The lowest BCUT2D eigenvalue weighted by Crippen LogP contribution is -2.51. The number of piperazine rings is 1. The van der Waals surface area contributed by atoms with Crippen LogP contribution in [0.4, 0.5) is 10.5 Å². The molecule has 154 valence electrons. The number of hydrogen-bond acceptors (Lipinski definition) is 4. The highest BCUT2D eigenvalue weighted by Gasteiger charge is 2.22. The largest absolute Gasteiger partial charge is 0.474 e. The van der Waals surface area contributed by atoms with Crippen LogP contribution >= 0.6 is 11.6 Å². The second-order valence-electron chi connectivity index (χ2n) is 7.61. The van der Waals surface area contributed by atoms with Gasteiger partial charge in [-0.1, -0.05) is 29.8 Å². The zero-order chi connectivity index (χ0) is 20.1. The molecule has 1 aliphatic carbocycles. The van der Waals surface area contributed by atoms with Crippen LogP contribution in [-0.4, -0.2) is 48.2 Å². The maximum absolute atomic E-state index is 12.5. The SMILES string of the molecule is O=C(NCc1ccc(OC2CCCC2)nc1)N1CCN(c2ccccc2Cl)CC1. The number of urea groups is 1. The van der Waals surface area contributed by atoms with Crippen molar-refractivity contribution in [3.05, 3.63) is 53.2 Å². The van der Waals surface area contributed by atoms with Crippen LogP contribution in [0.25, 0.3) is 0 Å². The van der Waals surface area contributed by atoms with Gasteiger partial charge in [0.25, 0.3) is 0 Å². The van der Waals surface area contributed by atoms with E-state index in [1.807, 2.05) is 41.3 Å². The van der Waals surface area contributed by atoms with Crippen LogP contribution in [0.15, 0.2) is 42.6 Å². The van der Waals surface area contributed by atoms with Crippen molar-refractivity contribution in [3.8, 4) is 5.88 Å². The van der Waals surface area contributed by atoms with Gasteiger partial charge in [0, 0.05) is 45.0 Å². The molecule has 1 aromatic heterocycles. The smallest absolute Gasteiger partial charge is 0.317 e. The molecule has 7 heteroatoms. The van der Waals surface area contributed by atoms with Crippen LogP contribution in [0.5, 0.6) is 5.88 Å². The van der Waals surface area contributed by atoms with Gasteiger partial charge < -0.3 is 19.9 Å². The predicted molar refractivity (Wildman–Crippen MR) is 115 cm³/mol. The molecule has 4 rings (SSSR count). The quantitative estimate of drug-likeness (QED) is 0.800. The Morgan fingerprint density at radius 2 is 1.86 bits per heavy atom. The minimum Gasteiger partial charge on any atom is -0.474 e. The number of ether oxygens (including phenoxy) is 1. The fraction of sp³-hybridized carbons (Fsp3) is 0.455. The number of hydrogen-bond donors (Lipinski definition) is 1. The number of amides is 2. The molecule has 0 spiro atoms. The van der Waals surface area contributed by atoms with Crippen molar-refractivity contribution in [2.75, 3.05) is 31.1 Å². The number of benzene rings is 1. The number of halogens is 1. The highest BCUT2D eigenvalue weighted by Crippen LogP contribution is 2.26. The minimum absolute atomic E-state index is 0.0462. The predicted octanol–water partition coefficient (Wildman–Crippen LogP) is 4.09. The van der Waals surface area contributed by atoms with Gasteiger partial charge in [-0.15, -0.1) is 0 Å². The molecule has 1 aromatic carbocycles. The van der Waals surface area contributed by atoms with E-state index in [0.29, 0.717) is 31.6 Å². The summed E-state index contributed by atoms with van der Waals surface area (Å²) in [7, 11) is 0. The molecule has 0 unspecified atom stereocenters. The molecule has 1 aliphatic heterocycles. The molecule has 0 bridgehead atoms. The number of aromatic nitrogens is 1. The summed E-state index contributed by atoms with van der Waals surface area (Å²) in [6.07, 6.45) is 6.78. The van der Waals surface area contributed by atoms with E-state index in [0.717, 1.165) is 42.2 Å². The highest BCUT2D eigenvalue weighted by atomic mass is 35.5. The fourth-order valence-electron chi connectivity index (χ4n) is 3.91. The second kappa shape index (κ2) is 9.35. The summed E-state index contributed by atoms with van der Waals surface area (Å²) in [5, 5.41) is 3.74. The Bertz CT molecular complexity index is 816. The zero-order valence-corrected chi connectivity index (χ0v) is 17.3. The van der Waals surface area contributed by atoms with Gasteiger partial charge in [-0.05, 0) is 43.4 Å². The molecule has 2 heterocycles. The van der Waals surface area contributed by atoms with E-state index in [-0.39, 0.29) is 6.03 Å². The molecule has 1 N–H and O–H groups in total. The molecule has 0 atom stereocenters. The van der Waals surface area contributed by atoms with E-state index >= 15 is 0 Å². The van der Waals surface area contributed by atoms with Crippen LogP contribution in [-0.2, 0) is 6.54 Å². The Morgan fingerprint density at radius 1 is 1.10 bits per heavy atom. The van der Waals surface area contributed by atoms with Crippen molar-refractivity contribution in [2.45, 2.75) is 38.3 Å². The number of carbonyl (C=O) groups is 1. The molecule has 2 aromatic rings. The summed E-state index contributed by atoms with van der Waals surface area (Å²) in [5.74, 6) is 0.669. The Morgan fingerprint density at radius 3 is 2.55 bits per heavy atom. The number of nitrogens with one attached hydrogen (secondary N) is 1. The van der Waals surface area contributed by atoms with E-state index in [9.17, 15) is 4.79 Å². The Hall–Kier alpha value is -2.47. The maximum Gasteiger partial charge on any atom is 0.317 e. The standard InChI is InChI=1S/C22H27ClN4O2/c23-19-7-3-4-8-20(19)26-11-13-27(14-12-26)22(28)25-16-17-9-10-21(24-15-17)29-18-5-1-2-6-18/h3-4,7-10,15,18H,1-2,5-6,11-14,16H2,(H,25,28). The normalized spacial score (nSPS) is 17.4. The number of anilines is 1. The summed E-state index contributed by atoms with van der Waals surface area (Å²) >= 11 is 6.28. The first-order chi connectivity index (χ1) is 14.2. The van der Waals surface area contributed by atoms with Crippen molar-refractivity contribution in [1.82, 2.24) is 15.2 Å². The molecule has 1 saturated heterocycles. The van der Waals surface area contributed by atoms with Gasteiger partial charge in [-0.2, -0.15) is 0 Å². The van der Waals surface area contributed by atoms with Gasteiger partial charge >= 0.3 is 6.03 Å². The minimum atomic E-state index is -0.0462. The van der Waals surface area contributed by atoms with Gasteiger partial charge in [0.2, 0.25) is 5.88 Å². The second-order valence-corrected chi connectivity index (χ2v) is 8.02. The summed E-state index contributed by atoms with van der Waals surface area (Å²) in [5.41, 5.74) is 1.99. The first-order valence-corrected chi connectivity index (χ1v) is 10.7. The third-order valence-electron chi connectivity index (χ3n) is 5.59. The van der Waals surface area contributed by atoms with Crippen LogP contribution in [0.3, 0.4) is 0 Å². The number of carbonyl (C=O) groups excluding carboxylic acids is 1. The molecule has 1 saturated carbocycles. The molecule has 2 aliphatic rings. The maximum atomic E-state index is 12.5. The van der Waals surface area contributed by atoms with Crippen molar-refractivity contribution >= 4 is 23.3 Å².